The molecule has 1 aromatic heterocycles. The first-order valence-corrected chi connectivity index (χ1v) is 7.15. The third kappa shape index (κ3) is 3.16. The minimum atomic E-state index is 0.285. The lowest BCUT2D eigenvalue weighted by molar-refractivity contribution is 0.252. The van der Waals surface area contributed by atoms with Crippen molar-refractivity contribution in [2.45, 2.75) is 18.9 Å². The van der Waals surface area contributed by atoms with Crippen molar-refractivity contribution >= 4 is 0 Å². The van der Waals surface area contributed by atoms with E-state index in [1.807, 2.05) is 25.2 Å². The highest BCUT2D eigenvalue weighted by Gasteiger charge is 2.21. The van der Waals surface area contributed by atoms with Gasteiger partial charge in [-0.2, -0.15) is 5.10 Å². The van der Waals surface area contributed by atoms with Crippen LogP contribution < -0.4 is 14.8 Å². The van der Waals surface area contributed by atoms with Gasteiger partial charge in [0.1, 0.15) is 17.8 Å². The number of rotatable bonds is 5. The molecule has 0 bridgehead atoms. The maximum absolute atomic E-state index is 5.70. The number of nitrogens with one attached hydrogen (secondary N) is 1. The fourth-order valence-corrected chi connectivity index (χ4v) is 2.57. The quantitative estimate of drug-likeness (QED) is 0.903. The van der Waals surface area contributed by atoms with Gasteiger partial charge in [0.25, 0.3) is 0 Å². The summed E-state index contributed by atoms with van der Waals surface area (Å²) < 4.78 is 12.7. The van der Waals surface area contributed by atoms with Gasteiger partial charge in [-0.15, -0.1) is 0 Å². The third-order valence-corrected chi connectivity index (χ3v) is 3.64. The molecule has 1 aliphatic rings. The number of aromatic nitrogens is 3. The number of methoxy groups -OCH3 is 1. The van der Waals surface area contributed by atoms with Crippen LogP contribution in [0.25, 0.3) is 0 Å². The Labute approximate surface area is 124 Å². The summed E-state index contributed by atoms with van der Waals surface area (Å²) in [4.78, 5) is 4.24. The molecule has 0 fully saturated rings. The van der Waals surface area contributed by atoms with Crippen molar-refractivity contribution in [2.75, 3.05) is 20.3 Å². The molecule has 6 nitrogen and oxygen atoms in total. The zero-order valence-corrected chi connectivity index (χ0v) is 12.4. The SMILES string of the molecule is COc1ccc2c(c1)C(NCCc1ncn(C)n1)CCO2. The van der Waals surface area contributed by atoms with Gasteiger partial charge in [-0.25, -0.2) is 4.98 Å². The van der Waals surface area contributed by atoms with Crippen molar-refractivity contribution in [3.05, 3.63) is 35.9 Å². The van der Waals surface area contributed by atoms with Crippen LogP contribution in [0.15, 0.2) is 24.5 Å². The van der Waals surface area contributed by atoms with Crippen LogP contribution >= 0.6 is 0 Å². The van der Waals surface area contributed by atoms with E-state index in [2.05, 4.69) is 15.4 Å². The summed E-state index contributed by atoms with van der Waals surface area (Å²) in [5.74, 6) is 2.66. The highest BCUT2D eigenvalue weighted by molar-refractivity contribution is 5.43. The molecular weight excluding hydrogens is 268 g/mol. The summed E-state index contributed by atoms with van der Waals surface area (Å²) in [6.45, 7) is 1.57. The molecule has 2 heterocycles. The van der Waals surface area contributed by atoms with E-state index in [4.69, 9.17) is 9.47 Å². The van der Waals surface area contributed by atoms with Gasteiger partial charge >= 0.3 is 0 Å². The maximum atomic E-state index is 5.70. The molecule has 0 amide bonds. The van der Waals surface area contributed by atoms with Gasteiger partial charge in [-0.1, -0.05) is 0 Å². The normalized spacial score (nSPS) is 17.1. The second kappa shape index (κ2) is 6.13. The van der Waals surface area contributed by atoms with Crippen LogP contribution in [0.3, 0.4) is 0 Å². The number of hydrogen-bond acceptors (Lipinski definition) is 5. The summed E-state index contributed by atoms with van der Waals surface area (Å²) in [5.41, 5.74) is 1.16. The van der Waals surface area contributed by atoms with E-state index in [0.717, 1.165) is 48.9 Å². The second-order valence-electron chi connectivity index (χ2n) is 5.13. The lowest BCUT2D eigenvalue weighted by Gasteiger charge is -2.27. The molecular formula is C15H20N4O2. The number of hydrogen-bond donors (Lipinski definition) is 1. The van der Waals surface area contributed by atoms with Crippen LogP contribution in [-0.2, 0) is 13.5 Å². The monoisotopic (exact) mass is 288 g/mol. The zero-order valence-electron chi connectivity index (χ0n) is 12.4. The molecule has 0 saturated carbocycles. The number of nitrogens with zero attached hydrogens (tertiary/aromatic N) is 3. The van der Waals surface area contributed by atoms with Crippen molar-refractivity contribution in [3.63, 3.8) is 0 Å². The Morgan fingerprint density at radius 2 is 2.38 bits per heavy atom. The van der Waals surface area contributed by atoms with Crippen molar-refractivity contribution in [1.82, 2.24) is 20.1 Å². The highest BCUT2D eigenvalue weighted by Crippen LogP contribution is 2.34. The number of ether oxygens (including phenoxy) is 2. The standard InChI is InChI=1S/C15H20N4O2/c1-19-10-17-15(18-19)5-7-16-13-6-8-21-14-4-3-11(20-2)9-12(13)14/h3-4,9-10,13,16H,5-8H2,1-2H3. The minimum Gasteiger partial charge on any atom is -0.497 e. The molecule has 1 aliphatic heterocycles. The highest BCUT2D eigenvalue weighted by atomic mass is 16.5. The smallest absolute Gasteiger partial charge is 0.151 e. The van der Waals surface area contributed by atoms with Crippen molar-refractivity contribution in [3.8, 4) is 11.5 Å². The van der Waals surface area contributed by atoms with E-state index < -0.39 is 0 Å². The van der Waals surface area contributed by atoms with Crippen LogP contribution in [0.1, 0.15) is 23.9 Å². The average molecular weight is 288 g/mol. The molecule has 1 N–H and O–H groups in total. The molecule has 1 aromatic carbocycles. The van der Waals surface area contributed by atoms with Gasteiger partial charge in [-0.3, -0.25) is 4.68 Å². The van der Waals surface area contributed by atoms with E-state index in [0.29, 0.717) is 0 Å². The van der Waals surface area contributed by atoms with E-state index in [9.17, 15) is 0 Å². The third-order valence-electron chi connectivity index (χ3n) is 3.64. The summed E-state index contributed by atoms with van der Waals surface area (Å²) in [5, 5.41) is 7.85. The van der Waals surface area contributed by atoms with Gasteiger partial charge in [0, 0.05) is 38.0 Å². The Morgan fingerprint density at radius 3 is 3.14 bits per heavy atom. The predicted octanol–water partition coefficient (Wildman–Crippen LogP) is 1.48. The van der Waals surface area contributed by atoms with Gasteiger partial charge in [0.2, 0.25) is 0 Å². The molecule has 3 rings (SSSR count). The second-order valence-corrected chi connectivity index (χ2v) is 5.13. The Bertz CT molecular complexity index is 611. The number of fused-ring (bicyclic) bond motifs is 1. The molecule has 112 valence electrons. The average Bonchev–Trinajstić information content (AvgIpc) is 2.92. The lowest BCUT2D eigenvalue weighted by Crippen LogP contribution is -2.28. The van der Waals surface area contributed by atoms with E-state index in [1.165, 1.54) is 0 Å². The van der Waals surface area contributed by atoms with E-state index in [1.54, 1.807) is 18.1 Å². The zero-order chi connectivity index (χ0) is 14.7. The molecule has 2 aromatic rings. The Kier molecular flexibility index (Phi) is 4.06. The Morgan fingerprint density at radius 1 is 1.48 bits per heavy atom. The summed E-state index contributed by atoms with van der Waals surface area (Å²) in [6.07, 6.45) is 3.50. The van der Waals surface area contributed by atoms with E-state index >= 15 is 0 Å². The molecule has 0 aliphatic carbocycles. The predicted molar refractivity (Wildman–Crippen MR) is 78.6 cm³/mol. The first kappa shape index (κ1) is 13.9. The van der Waals surface area contributed by atoms with Crippen molar-refractivity contribution in [1.29, 1.82) is 0 Å². The largest absolute Gasteiger partial charge is 0.497 e. The topological polar surface area (TPSA) is 61.2 Å². The van der Waals surface area contributed by atoms with Crippen LogP contribution in [-0.4, -0.2) is 35.0 Å². The Hall–Kier alpha value is -2.08. The van der Waals surface area contributed by atoms with Crippen molar-refractivity contribution < 1.29 is 9.47 Å². The van der Waals surface area contributed by atoms with Crippen LogP contribution in [0.5, 0.6) is 11.5 Å². The fourth-order valence-electron chi connectivity index (χ4n) is 2.57. The van der Waals surface area contributed by atoms with Crippen LogP contribution in [0, 0.1) is 0 Å². The summed E-state index contributed by atoms with van der Waals surface area (Å²) >= 11 is 0. The molecule has 0 radical (unpaired) electrons. The number of benzene rings is 1. The van der Waals surface area contributed by atoms with Gasteiger partial charge in [0.05, 0.1) is 13.7 Å². The lowest BCUT2D eigenvalue weighted by atomic mass is 10.00. The molecule has 6 heteroatoms. The number of aryl methyl sites for hydroxylation is 1. The van der Waals surface area contributed by atoms with Gasteiger partial charge < -0.3 is 14.8 Å². The molecule has 21 heavy (non-hydrogen) atoms. The molecule has 0 saturated heterocycles. The summed E-state index contributed by atoms with van der Waals surface area (Å²) in [7, 11) is 3.56. The Balaban J connectivity index is 1.64. The maximum Gasteiger partial charge on any atom is 0.151 e. The van der Waals surface area contributed by atoms with Crippen LogP contribution in [0.2, 0.25) is 0 Å². The van der Waals surface area contributed by atoms with Crippen LogP contribution in [0.4, 0.5) is 0 Å². The fraction of sp³-hybridized carbons (Fsp3) is 0.467. The first-order valence-electron chi connectivity index (χ1n) is 7.15. The van der Waals surface area contributed by atoms with E-state index in [-0.39, 0.29) is 6.04 Å². The molecule has 1 unspecified atom stereocenters. The van der Waals surface area contributed by atoms with Gasteiger partial charge in [0.15, 0.2) is 5.82 Å². The molecule has 1 atom stereocenters. The van der Waals surface area contributed by atoms with Gasteiger partial charge in [-0.05, 0) is 18.2 Å². The van der Waals surface area contributed by atoms with Crippen molar-refractivity contribution in [2.24, 2.45) is 7.05 Å². The summed E-state index contributed by atoms with van der Waals surface area (Å²) in [6, 6.07) is 6.24. The first-order chi connectivity index (χ1) is 10.3. The molecule has 0 spiro atoms. The minimum absolute atomic E-state index is 0.285.